The van der Waals surface area contributed by atoms with Gasteiger partial charge in [-0.15, -0.1) is 0 Å². The van der Waals surface area contributed by atoms with Crippen LogP contribution in [-0.4, -0.2) is 56.4 Å². The number of hydrogen-bond acceptors (Lipinski definition) is 4. The molecule has 3 atom stereocenters. The predicted octanol–water partition coefficient (Wildman–Crippen LogP) is 0.712. The van der Waals surface area contributed by atoms with Crippen LogP contribution >= 0.6 is 0 Å². The Balaban J connectivity index is 1.71. The van der Waals surface area contributed by atoms with Gasteiger partial charge in [0, 0.05) is 25.2 Å². The zero-order valence-electron chi connectivity index (χ0n) is 11.4. The topological polar surface area (TPSA) is 58.6 Å². The molecular formula is C13H24N2O3S. The highest BCUT2D eigenvalue weighted by atomic mass is 32.2. The molecule has 1 N–H and O–H groups in total. The lowest BCUT2D eigenvalue weighted by molar-refractivity contribution is 0.0297. The van der Waals surface area contributed by atoms with Gasteiger partial charge in [0.15, 0.2) is 0 Å². The fraction of sp³-hybridized carbons (Fsp3) is 1.00. The third-order valence-electron chi connectivity index (χ3n) is 4.58. The van der Waals surface area contributed by atoms with Crippen LogP contribution in [0.2, 0.25) is 0 Å². The zero-order valence-corrected chi connectivity index (χ0v) is 12.2. The van der Waals surface area contributed by atoms with E-state index in [1.807, 2.05) is 4.31 Å². The quantitative estimate of drug-likeness (QED) is 0.831. The first-order chi connectivity index (χ1) is 9.17. The van der Waals surface area contributed by atoms with Crippen molar-refractivity contribution < 1.29 is 13.2 Å². The molecule has 2 bridgehead atoms. The lowest BCUT2D eigenvalue weighted by Crippen LogP contribution is -2.46. The summed E-state index contributed by atoms with van der Waals surface area (Å²) >= 11 is 0. The molecule has 0 amide bonds. The Morgan fingerprint density at radius 1 is 1.11 bits per heavy atom. The van der Waals surface area contributed by atoms with Gasteiger partial charge in [-0.05, 0) is 45.1 Å². The van der Waals surface area contributed by atoms with Crippen LogP contribution < -0.4 is 5.32 Å². The highest BCUT2D eigenvalue weighted by Crippen LogP contribution is 2.31. The Kier molecular flexibility index (Phi) is 4.12. The van der Waals surface area contributed by atoms with Gasteiger partial charge in [-0.3, -0.25) is 0 Å². The number of sulfonamides is 1. The van der Waals surface area contributed by atoms with E-state index < -0.39 is 10.0 Å². The monoisotopic (exact) mass is 288 g/mol. The Labute approximate surface area is 115 Å². The molecule has 5 nitrogen and oxygen atoms in total. The van der Waals surface area contributed by atoms with Crippen molar-refractivity contribution in [2.45, 2.75) is 56.7 Å². The van der Waals surface area contributed by atoms with Gasteiger partial charge in [-0.25, -0.2) is 8.42 Å². The molecule has 0 aliphatic carbocycles. The molecule has 0 radical (unpaired) electrons. The van der Waals surface area contributed by atoms with Crippen LogP contribution in [0.25, 0.3) is 0 Å². The van der Waals surface area contributed by atoms with Gasteiger partial charge in [0.25, 0.3) is 0 Å². The molecule has 3 heterocycles. The number of ether oxygens (including phenoxy) is 1. The van der Waals surface area contributed by atoms with E-state index in [4.69, 9.17) is 4.74 Å². The summed E-state index contributed by atoms with van der Waals surface area (Å²) in [6.45, 7) is 2.46. The van der Waals surface area contributed by atoms with Crippen LogP contribution in [0.4, 0.5) is 0 Å². The molecule has 3 aliphatic rings. The average Bonchev–Trinajstić information content (AvgIpc) is 2.64. The fourth-order valence-corrected chi connectivity index (χ4v) is 5.86. The van der Waals surface area contributed by atoms with Crippen LogP contribution in [0.5, 0.6) is 0 Å². The van der Waals surface area contributed by atoms with E-state index in [1.165, 1.54) is 0 Å². The van der Waals surface area contributed by atoms with Crippen LogP contribution in [0.3, 0.4) is 0 Å². The third-order valence-corrected chi connectivity index (χ3v) is 6.61. The molecule has 0 aromatic heterocycles. The zero-order chi connectivity index (χ0) is 13.3. The highest BCUT2D eigenvalue weighted by Gasteiger charge is 2.43. The molecule has 0 spiro atoms. The highest BCUT2D eigenvalue weighted by molar-refractivity contribution is 7.89. The first-order valence-electron chi connectivity index (χ1n) is 7.50. The second-order valence-corrected chi connectivity index (χ2v) is 7.89. The SMILES string of the molecule is O=S(=O)(C[C@@H]1CCCCO1)N1[C@H]2CCNC[C@H]1CC2. The summed E-state index contributed by atoms with van der Waals surface area (Å²) in [5.41, 5.74) is 0. The Morgan fingerprint density at radius 2 is 1.95 bits per heavy atom. The van der Waals surface area contributed by atoms with E-state index >= 15 is 0 Å². The van der Waals surface area contributed by atoms with Crippen molar-refractivity contribution in [2.75, 3.05) is 25.4 Å². The third kappa shape index (κ3) is 2.96. The van der Waals surface area contributed by atoms with Crippen LogP contribution in [-0.2, 0) is 14.8 Å². The van der Waals surface area contributed by atoms with E-state index in [2.05, 4.69) is 5.32 Å². The molecular weight excluding hydrogens is 264 g/mol. The van der Waals surface area contributed by atoms with E-state index in [-0.39, 0.29) is 23.9 Å². The minimum Gasteiger partial charge on any atom is -0.377 e. The molecule has 0 unspecified atom stereocenters. The number of nitrogens with zero attached hydrogens (tertiary/aromatic N) is 1. The van der Waals surface area contributed by atoms with Gasteiger partial charge in [0.05, 0.1) is 11.9 Å². The first kappa shape index (κ1) is 13.8. The maximum absolute atomic E-state index is 12.7. The Bertz CT molecular complexity index is 392. The molecule has 3 fully saturated rings. The summed E-state index contributed by atoms with van der Waals surface area (Å²) in [5, 5.41) is 3.35. The van der Waals surface area contributed by atoms with E-state index in [0.29, 0.717) is 6.61 Å². The maximum atomic E-state index is 12.7. The first-order valence-corrected chi connectivity index (χ1v) is 9.11. The fourth-order valence-electron chi connectivity index (χ4n) is 3.65. The van der Waals surface area contributed by atoms with Gasteiger partial charge in [0.1, 0.15) is 0 Å². The summed E-state index contributed by atoms with van der Waals surface area (Å²) in [4.78, 5) is 0. The van der Waals surface area contributed by atoms with Gasteiger partial charge in [-0.2, -0.15) is 4.31 Å². The van der Waals surface area contributed by atoms with Crippen molar-refractivity contribution in [1.82, 2.24) is 9.62 Å². The minimum atomic E-state index is -3.17. The predicted molar refractivity (Wildman–Crippen MR) is 73.5 cm³/mol. The van der Waals surface area contributed by atoms with Crippen molar-refractivity contribution in [3.05, 3.63) is 0 Å². The molecule has 0 saturated carbocycles. The molecule has 0 aromatic rings. The van der Waals surface area contributed by atoms with Crippen LogP contribution in [0.1, 0.15) is 38.5 Å². The molecule has 19 heavy (non-hydrogen) atoms. The summed E-state index contributed by atoms with van der Waals surface area (Å²) in [5.74, 6) is 0.181. The summed E-state index contributed by atoms with van der Waals surface area (Å²) in [6.07, 6.45) is 5.93. The molecule has 3 rings (SSSR count). The lowest BCUT2D eigenvalue weighted by Gasteiger charge is -2.30. The standard InChI is InChI=1S/C13H24N2O3S/c16-19(17,10-13-3-1-2-8-18-13)15-11-4-5-12(15)9-14-7-6-11/h11-14H,1-10H2/t11-,12-,13+/m1/s1. The van der Waals surface area contributed by atoms with Crippen molar-refractivity contribution in [3.63, 3.8) is 0 Å². The van der Waals surface area contributed by atoms with Gasteiger partial charge in [0.2, 0.25) is 10.0 Å². The van der Waals surface area contributed by atoms with Gasteiger partial charge >= 0.3 is 0 Å². The summed E-state index contributed by atoms with van der Waals surface area (Å²) in [6, 6.07) is 0.384. The second-order valence-electron chi connectivity index (χ2n) is 5.97. The van der Waals surface area contributed by atoms with E-state index in [9.17, 15) is 8.42 Å². The van der Waals surface area contributed by atoms with E-state index in [0.717, 1.165) is 51.6 Å². The largest absolute Gasteiger partial charge is 0.377 e. The molecule has 6 heteroatoms. The number of nitrogens with one attached hydrogen (secondary N) is 1. The number of hydrogen-bond donors (Lipinski definition) is 1. The molecule has 3 saturated heterocycles. The van der Waals surface area contributed by atoms with Crippen LogP contribution in [0, 0.1) is 0 Å². The molecule has 110 valence electrons. The smallest absolute Gasteiger partial charge is 0.217 e. The van der Waals surface area contributed by atoms with Crippen molar-refractivity contribution in [1.29, 1.82) is 0 Å². The second kappa shape index (κ2) is 5.68. The summed E-state index contributed by atoms with van der Waals surface area (Å²) in [7, 11) is -3.17. The Morgan fingerprint density at radius 3 is 2.74 bits per heavy atom. The lowest BCUT2D eigenvalue weighted by atomic mass is 10.1. The van der Waals surface area contributed by atoms with Crippen molar-refractivity contribution in [3.8, 4) is 0 Å². The summed E-state index contributed by atoms with van der Waals surface area (Å²) < 4.78 is 32.8. The van der Waals surface area contributed by atoms with Crippen molar-refractivity contribution >= 4 is 10.0 Å². The van der Waals surface area contributed by atoms with Gasteiger partial charge in [-0.1, -0.05) is 0 Å². The van der Waals surface area contributed by atoms with E-state index in [1.54, 1.807) is 0 Å². The minimum absolute atomic E-state index is 0.0886. The molecule has 3 aliphatic heterocycles. The normalized spacial score (nSPS) is 37.2. The average molecular weight is 288 g/mol. The van der Waals surface area contributed by atoms with Crippen LogP contribution in [0.15, 0.2) is 0 Å². The molecule has 0 aromatic carbocycles. The van der Waals surface area contributed by atoms with Crippen molar-refractivity contribution in [2.24, 2.45) is 0 Å². The maximum Gasteiger partial charge on any atom is 0.217 e. The number of fused-ring (bicyclic) bond motifs is 2. The van der Waals surface area contributed by atoms with Gasteiger partial charge < -0.3 is 10.1 Å². The number of rotatable bonds is 3. The Hall–Kier alpha value is -0.170.